The van der Waals surface area contributed by atoms with Crippen LogP contribution in [-0.2, 0) is 0 Å². The number of hydrogen-bond donors (Lipinski definition) is 0. The van der Waals surface area contributed by atoms with Gasteiger partial charge in [-0.05, 0) is 0 Å². The van der Waals surface area contributed by atoms with Crippen LogP contribution in [0.4, 0.5) is 13.2 Å². The number of alkyl halides is 3. The first-order valence-corrected chi connectivity index (χ1v) is 2.07. The SMILES string of the molecule is F[C](F)(F)[Sb]. The van der Waals surface area contributed by atoms with Gasteiger partial charge in [0.15, 0.2) is 0 Å². The van der Waals surface area contributed by atoms with Crippen molar-refractivity contribution in [1.82, 2.24) is 0 Å². The maximum atomic E-state index is 10.4. The summed E-state index contributed by atoms with van der Waals surface area (Å²) in [6, 6.07) is 0. The second-order valence-corrected chi connectivity index (χ2v) is 1.92. The summed E-state index contributed by atoms with van der Waals surface area (Å²) in [6.45, 7) is 0. The Morgan fingerprint density at radius 1 is 1.20 bits per heavy atom. The van der Waals surface area contributed by atoms with E-state index in [1.54, 1.807) is 0 Å². The van der Waals surface area contributed by atoms with Gasteiger partial charge in [0.05, 0.1) is 0 Å². The van der Waals surface area contributed by atoms with Crippen LogP contribution in [0.15, 0.2) is 0 Å². The third-order valence-electron chi connectivity index (χ3n) is 0. The van der Waals surface area contributed by atoms with Crippen molar-refractivity contribution in [2.24, 2.45) is 0 Å². The second kappa shape index (κ2) is 1.37. The van der Waals surface area contributed by atoms with Gasteiger partial charge < -0.3 is 0 Å². The zero-order valence-electron chi connectivity index (χ0n) is 2.08. The van der Waals surface area contributed by atoms with Crippen LogP contribution in [0.1, 0.15) is 0 Å². The minimum atomic E-state index is -3.95. The van der Waals surface area contributed by atoms with Crippen LogP contribution in [0.3, 0.4) is 0 Å². The van der Waals surface area contributed by atoms with Gasteiger partial charge in [0.1, 0.15) is 0 Å². The molecule has 0 N–H and O–H groups in total. The van der Waals surface area contributed by atoms with Crippen molar-refractivity contribution in [2.75, 3.05) is 0 Å². The molecule has 4 heteroatoms. The molecule has 5 heavy (non-hydrogen) atoms. The normalized spacial score (nSPS) is 12.0. The van der Waals surface area contributed by atoms with Gasteiger partial charge in [-0.3, -0.25) is 0 Å². The molecule has 0 saturated carbocycles. The van der Waals surface area contributed by atoms with Crippen molar-refractivity contribution < 1.29 is 13.2 Å². The summed E-state index contributed by atoms with van der Waals surface area (Å²) in [6.07, 6.45) is 0. The molecule has 2 radical (unpaired) electrons. The van der Waals surface area contributed by atoms with Gasteiger partial charge >= 0.3 is 40.3 Å². The van der Waals surface area contributed by atoms with Gasteiger partial charge in [-0.2, -0.15) is 0 Å². The van der Waals surface area contributed by atoms with Gasteiger partial charge in [0, 0.05) is 0 Å². The molecule has 0 heterocycles. The number of hydrogen-bond acceptors (Lipinski definition) is 0. The summed E-state index contributed by atoms with van der Waals surface area (Å²) < 4.78 is 27.2. The predicted molar refractivity (Wildman–Crippen MR) is 11.8 cm³/mol. The molecular weight excluding hydrogens is 191 g/mol. The monoisotopic (exact) mass is 190 g/mol. The standard InChI is InChI=1S/CF3.Sb/c2-1(3)4;. The maximum absolute atomic E-state index is 10.4. The predicted octanol–water partition coefficient (Wildman–Crippen LogP) is 0.675. The molecule has 0 atom stereocenters. The van der Waals surface area contributed by atoms with Crippen molar-refractivity contribution in [1.29, 1.82) is 0 Å². The van der Waals surface area contributed by atoms with E-state index in [1.807, 2.05) is 0 Å². The fourth-order valence-electron chi connectivity index (χ4n) is 0. The Morgan fingerprint density at radius 2 is 1.20 bits per heavy atom. The molecule has 0 fully saturated rings. The van der Waals surface area contributed by atoms with Crippen molar-refractivity contribution in [3.05, 3.63) is 0 Å². The van der Waals surface area contributed by atoms with Crippen molar-refractivity contribution in [2.45, 2.75) is 4.12 Å². The summed E-state index contributed by atoms with van der Waals surface area (Å²) in [7, 11) is 0. The molecule has 0 rings (SSSR count). The van der Waals surface area contributed by atoms with Crippen LogP contribution in [0.25, 0.3) is 0 Å². The number of rotatable bonds is 0. The van der Waals surface area contributed by atoms with Crippen LogP contribution < -0.4 is 0 Å². The van der Waals surface area contributed by atoms with E-state index in [2.05, 4.69) is 0 Å². The summed E-state index contributed by atoms with van der Waals surface area (Å²) in [4.78, 5) is 0. The van der Waals surface area contributed by atoms with Gasteiger partial charge in [0.2, 0.25) is 0 Å². The van der Waals surface area contributed by atoms with Gasteiger partial charge in [-0.25, -0.2) is 0 Å². The zero-order valence-corrected chi connectivity index (χ0v) is 4.63. The molecular formula is CF3Sb. The molecule has 0 aliphatic rings. The molecule has 0 spiro atoms. The molecule has 0 aliphatic carbocycles. The molecule has 0 aromatic carbocycles. The molecule has 0 bridgehead atoms. The van der Waals surface area contributed by atoms with E-state index in [9.17, 15) is 13.2 Å². The first-order valence-electron chi connectivity index (χ1n) is 0.791. The zero-order chi connectivity index (χ0) is 4.50. The average Bonchev–Trinajstić information content (AvgIpc) is 0.722. The summed E-state index contributed by atoms with van der Waals surface area (Å²) in [5.41, 5.74) is 0. The summed E-state index contributed by atoms with van der Waals surface area (Å²) >= 11 is -0.129. The summed E-state index contributed by atoms with van der Waals surface area (Å²) in [5.74, 6) is 0. The van der Waals surface area contributed by atoms with Gasteiger partial charge in [0.25, 0.3) is 0 Å². The minimum absolute atomic E-state index is 0.129. The van der Waals surface area contributed by atoms with Crippen LogP contribution in [0.5, 0.6) is 0 Å². The first-order chi connectivity index (χ1) is 2.00. The van der Waals surface area contributed by atoms with E-state index in [0.29, 0.717) is 0 Å². The van der Waals surface area contributed by atoms with E-state index in [0.717, 1.165) is 0 Å². The molecule has 0 amide bonds. The second-order valence-electron chi connectivity index (χ2n) is 0.468. The number of halogens is 3. The Bertz CT molecular complexity index is 22.4. The van der Waals surface area contributed by atoms with Crippen LogP contribution in [0.2, 0.25) is 0 Å². The Labute approximate surface area is 40.8 Å². The van der Waals surface area contributed by atoms with Crippen molar-refractivity contribution >= 4 is 23.0 Å². The van der Waals surface area contributed by atoms with Crippen molar-refractivity contribution in [3.63, 3.8) is 0 Å². The quantitative estimate of drug-likeness (QED) is 0.493. The molecule has 0 saturated heterocycles. The first kappa shape index (κ1) is 5.61. The summed E-state index contributed by atoms with van der Waals surface area (Å²) in [5, 5.41) is 0. The third-order valence-corrected chi connectivity index (χ3v) is 0. The third kappa shape index (κ3) is 84.7. The van der Waals surface area contributed by atoms with E-state index < -0.39 is 4.12 Å². The fraction of sp³-hybridized carbons (Fsp3) is 1.00. The Balaban J connectivity index is 3.02. The molecule has 0 aliphatic heterocycles. The molecule has 30 valence electrons. The molecule has 0 unspecified atom stereocenters. The fourth-order valence-corrected chi connectivity index (χ4v) is 0. The Morgan fingerprint density at radius 3 is 1.20 bits per heavy atom. The average molecular weight is 191 g/mol. The van der Waals surface area contributed by atoms with Crippen molar-refractivity contribution in [3.8, 4) is 0 Å². The van der Waals surface area contributed by atoms with E-state index in [-0.39, 0.29) is 23.0 Å². The van der Waals surface area contributed by atoms with Crippen LogP contribution in [-0.4, -0.2) is 27.1 Å². The molecule has 0 aromatic heterocycles. The molecule has 0 nitrogen and oxygen atoms in total. The van der Waals surface area contributed by atoms with E-state index >= 15 is 0 Å². The van der Waals surface area contributed by atoms with Gasteiger partial charge in [-0.1, -0.05) is 0 Å². The van der Waals surface area contributed by atoms with E-state index in [4.69, 9.17) is 0 Å². The van der Waals surface area contributed by atoms with E-state index in [1.165, 1.54) is 0 Å². The van der Waals surface area contributed by atoms with Crippen LogP contribution >= 0.6 is 0 Å². The Kier molecular flexibility index (Phi) is 1.54. The van der Waals surface area contributed by atoms with Gasteiger partial charge in [-0.15, -0.1) is 0 Å². The molecule has 0 aromatic rings. The Hall–Kier alpha value is 0.608. The topological polar surface area (TPSA) is 0 Å². The van der Waals surface area contributed by atoms with Crippen LogP contribution in [0, 0.1) is 0 Å².